The standard InChI is InChI=1S/C18H17N3O4/c1-9-7-12-16(21-18(23)10(2)19-12)17(22)15(9)20-11-5-6-13(24-3)14(8-11)25-4/h5-8,20H,1-4H3. The number of aliphatic imine (C=N–C) groups is 2. The minimum atomic E-state index is -0.495. The predicted molar refractivity (Wildman–Crippen MR) is 94.5 cm³/mol. The highest BCUT2D eigenvalue weighted by Gasteiger charge is 2.31. The molecule has 0 saturated heterocycles. The topological polar surface area (TPSA) is 89.4 Å². The molecule has 0 aromatic heterocycles. The van der Waals surface area contributed by atoms with Crippen LogP contribution in [0.1, 0.15) is 13.8 Å². The van der Waals surface area contributed by atoms with Crippen molar-refractivity contribution in [1.82, 2.24) is 0 Å². The van der Waals surface area contributed by atoms with E-state index in [2.05, 4.69) is 15.3 Å². The molecule has 0 atom stereocenters. The minimum Gasteiger partial charge on any atom is -0.493 e. The number of carbonyl (C=O) groups is 2. The van der Waals surface area contributed by atoms with Gasteiger partial charge in [-0.1, -0.05) is 0 Å². The second-order valence-electron chi connectivity index (χ2n) is 5.57. The van der Waals surface area contributed by atoms with Gasteiger partial charge < -0.3 is 14.8 Å². The number of methoxy groups -OCH3 is 2. The van der Waals surface area contributed by atoms with Crippen molar-refractivity contribution >= 4 is 28.8 Å². The van der Waals surface area contributed by atoms with Crippen LogP contribution in [0.2, 0.25) is 0 Å². The minimum absolute atomic E-state index is 0.0594. The van der Waals surface area contributed by atoms with E-state index in [1.165, 1.54) is 7.11 Å². The van der Waals surface area contributed by atoms with Crippen molar-refractivity contribution in [2.45, 2.75) is 13.8 Å². The summed E-state index contributed by atoms with van der Waals surface area (Å²) in [6, 6.07) is 5.23. The van der Waals surface area contributed by atoms with Crippen LogP contribution in [0, 0.1) is 0 Å². The summed E-state index contributed by atoms with van der Waals surface area (Å²) in [4.78, 5) is 32.5. The molecule has 1 heterocycles. The first-order chi connectivity index (χ1) is 11.9. The van der Waals surface area contributed by atoms with Crippen molar-refractivity contribution in [2.24, 2.45) is 9.98 Å². The zero-order valence-electron chi connectivity index (χ0n) is 14.3. The Balaban J connectivity index is 1.98. The summed E-state index contributed by atoms with van der Waals surface area (Å²) in [5.41, 5.74) is 2.45. The first kappa shape index (κ1) is 16.6. The van der Waals surface area contributed by atoms with E-state index in [4.69, 9.17) is 9.47 Å². The van der Waals surface area contributed by atoms with Gasteiger partial charge in [-0.3, -0.25) is 9.59 Å². The number of amides is 1. The highest BCUT2D eigenvalue weighted by Crippen LogP contribution is 2.31. The van der Waals surface area contributed by atoms with Crippen LogP contribution in [-0.2, 0) is 9.59 Å². The number of nitrogens with one attached hydrogen (secondary N) is 1. The normalized spacial score (nSPS) is 16.7. The quantitative estimate of drug-likeness (QED) is 0.850. The molecule has 1 amide bonds. The summed E-state index contributed by atoms with van der Waals surface area (Å²) in [6.07, 6.45) is 1.74. The van der Waals surface area contributed by atoms with Crippen LogP contribution in [0.25, 0.3) is 0 Å². The molecule has 0 spiro atoms. The molecule has 3 rings (SSSR count). The number of allylic oxidation sites excluding steroid dienone is 4. The van der Waals surface area contributed by atoms with Crippen LogP contribution >= 0.6 is 0 Å². The summed E-state index contributed by atoms with van der Waals surface area (Å²) in [6.45, 7) is 3.37. The van der Waals surface area contributed by atoms with E-state index in [9.17, 15) is 9.59 Å². The summed E-state index contributed by atoms with van der Waals surface area (Å²) in [5, 5.41) is 3.07. The Bertz CT molecular complexity index is 907. The molecule has 1 N–H and O–H groups in total. The number of hydrogen-bond donors (Lipinski definition) is 1. The van der Waals surface area contributed by atoms with Gasteiger partial charge in [0.1, 0.15) is 11.4 Å². The maximum atomic E-state index is 12.7. The third kappa shape index (κ3) is 2.96. The molecular formula is C18H17N3O4. The highest BCUT2D eigenvalue weighted by atomic mass is 16.5. The molecule has 0 unspecified atom stereocenters. The fourth-order valence-corrected chi connectivity index (χ4v) is 2.58. The van der Waals surface area contributed by atoms with E-state index in [0.29, 0.717) is 34.2 Å². The number of ether oxygens (including phenoxy) is 2. The Hall–Kier alpha value is -3.22. The van der Waals surface area contributed by atoms with Gasteiger partial charge in [-0.25, -0.2) is 9.98 Å². The Morgan fingerprint density at radius 3 is 2.40 bits per heavy atom. The van der Waals surface area contributed by atoms with E-state index < -0.39 is 5.91 Å². The average molecular weight is 339 g/mol. The Kier molecular flexibility index (Phi) is 4.22. The number of fused-ring (bicyclic) bond motifs is 1. The van der Waals surface area contributed by atoms with E-state index in [1.807, 2.05) is 0 Å². The van der Waals surface area contributed by atoms with Crippen molar-refractivity contribution in [3.05, 3.63) is 41.2 Å². The molecule has 0 saturated carbocycles. The number of rotatable bonds is 4. The van der Waals surface area contributed by atoms with Crippen molar-refractivity contribution in [1.29, 1.82) is 0 Å². The van der Waals surface area contributed by atoms with Crippen molar-refractivity contribution in [2.75, 3.05) is 19.5 Å². The number of ketones is 1. The molecule has 128 valence electrons. The summed E-state index contributed by atoms with van der Waals surface area (Å²) < 4.78 is 10.5. The number of Topliss-reactive ketones (excluding diaryl/α,β-unsaturated/α-hetero) is 1. The predicted octanol–water partition coefficient (Wildman–Crippen LogP) is 2.30. The molecule has 0 fully saturated rings. The maximum Gasteiger partial charge on any atom is 0.291 e. The number of anilines is 1. The van der Waals surface area contributed by atoms with Gasteiger partial charge in [0.05, 0.1) is 25.6 Å². The van der Waals surface area contributed by atoms with Gasteiger partial charge in [-0.05, 0) is 37.6 Å². The van der Waals surface area contributed by atoms with Gasteiger partial charge in [0.25, 0.3) is 5.91 Å². The third-order valence-electron chi connectivity index (χ3n) is 3.90. The van der Waals surface area contributed by atoms with E-state index in [1.54, 1.807) is 45.2 Å². The molecule has 25 heavy (non-hydrogen) atoms. The van der Waals surface area contributed by atoms with Gasteiger partial charge in [-0.2, -0.15) is 0 Å². The Labute approximate surface area is 144 Å². The van der Waals surface area contributed by atoms with E-state index >= 15 is 0 Å². The molecule has 1 aromatic carbocycles. The smallest absolute Gasteiger partial charge is 0.291 e. The van der Waals surface area contributed by atoms with Crippen molar-refractivity contribution < 1.29 is 19.1 Å². The second-order valence-corrected chi connectivity index (χ2v) is 5.57. The van der Waals surface area contributed by atoms with Crippen molar-refractivity contribution in [3.63, 3.8) is 0 Å². The monoisotopic (exact) mass is 339 g/mol. The van der Waals surface area contributed by atoms with Gasteiger partial charge in [-0.15, -0.1) is 0 Å². The first-order valence-corrected chi connectivity index (χ1v) is 7.59. The molecule has 2 aliphatic rings. The lowest BCUT2D eigenvalue weighted by Gasteiger charge is -2.21. The summed E-state index contributed by atoms with van der Waals surface area (Å²) in [5.74, 6) is 0.263. The average Bonchev–Trinajstić information content (AvgIpc) is 2.60. The van der Waals surface area contributed by atoms with Gasteiger partial charge in [0.2, 0.25) is 5.78 Å². The lowest BCUT2D eigenvalue weighted by atomic mass is 9.97. The highest BCUT2D eigenvalue weighted by molar-refractivity contribution is 6.58. The molecule has 0 bridgehead atoms. The first-order valence-electron chi connectivity index (χ1n) is 7.59. The number of nitrogens with zero attached hydrogens (tertiary/aromatic N) is 2. The van der Waals surface area contributed by atoms with Crippen LogP contribution in [0.5, 0.6) is 11.5 Å². The van der Waals surface area contributed by atoms with E-state index in [-0.39, 0.29) is 17.2 Å². The van der Waals surface area contributed by atoms with Gasteiger partial charge in [0.15, 0.2) is 11.5 Å². The number of carbonyl (C=O) groups excluding carboxylic acids is 2. The van der Waals surface area contributed by atoms with Gasteiger partial charge >= 0.3 is 0 Å². The Morgan fingerprint density at radius 2 is 1.72 bits per heavy atom. The largest absolute Gasteiger partial charge is 0.493 e. The van der Waals surface area contributed by atoms with Crippen LogP contribution in [0.15, 0.2) is 51.2 Å². The molecule has 7 nitrogen and oxygen atoms in total. The van der Waals surface area contributed by atoms with Crippen molar-refractivity contribution in [3.8, 4) is 11.5 Å². The molecular weight excluding hydrogens is 322 g/mol. The third-order valence-corrected chi connectivity index (χ3v) is 3.90. The number of benzene rings is 1. The molecule has 1 aliphatic carbocycles. The zero-order valence-corrected chi connectivity index (χ0v) is 14.3. The maximum absolute atomic E-state index is 12.7. The SMILES string of the molecule is COc1ccc(NC2=C(C)C=C3N=C(C)C(=O)N=C3C2=O)cc1OC. The van der Waals surface area contributed by atoms with Crippen LogP contribution in [0.3, 0.4) is 0 Å². The van der Waals surface area contributed by atoms with Crippen LogP contribution < -0.4 is 14.8 Å². The summed E-state index contributed by atoms with van der Waals surface area (Å²) in [7, 11) is 3.09. The number of hydrogen-bond acceptors (Lipinski definition) is 6. The van der Waals surface area contributed by atoms with Crippen LogP contribution in [-0.4, -0.2) is 37.3 Å². The molecule has 7 heteroatoms. The molecule has 0 radical (unpaired) electrons. The molecule has 1 aromatic rings. The molecule has 1 aliphatic heterocycles. The lowest BCUT2D eigenvalue weighted by molar-refractivity contribution is -0.113. The zero-order chi connectivity index (χ0) is 18.1. The van der Waals surface area contributed by atoms with E-state index in [0.717, 1.165) is 0 Å². The Morgan fingerprint density at radius 1 is 1.00 bits per heavy atom. The fourth-order valence-electron chi connectivity index (χ4n) is 2.58. The summed E-state index contributed by atoms with van der Waals surface area (Å²) >= 11 is 0. The van der Waals surface area contributed by atoms with Crippen LogP contribution in [0.4, 0.5) is 5.69 Å². The lowest BCUT2D eigenvalue weighted by Crippen LogP contribution is -2.31. The fraction of sp³-hybridized carbons (Fsp3) is 0.222. The second kappa shape index (κ2) is 6.35. The van der Waals surface area contributed by atoms with Gasteiger partial charge in [0, 0.05) is 11.8 Å².